The average molecular weight is 673 g/mol. The van der Waals surface area contributed by atoms with E-state index in [1.807, 2.05) is 59.3 Å². The Morgan fingerprint density at radius 2 is 1.89 bits per heavy atom. The maximum Gasteiger partial charge on any atom is 0.167 e. The van der Waals surface area contributed by atoms with E-state index in [1.54, 1.807) is 35.1 Å². The van der Waals surface area contributed by atoms with Crippen molar-refractivity contribution in [1.29, 1.82) is 0 Å². The zero-order valence-corrected chi connectivity index (χ0v) is 24.2. The molecule has 4 heterocycles. The highest BCUT2D eigenvalue weighted by molar-refractivity contribution is 14.1. The molecule has 0 aliphatic heterocycles. The van der Waals surface area contributed by atoms with Gasteiger partial charge in [0.2, 0.25) is 0 Å². The number of nitrogens with zero attached hydrogens (tertiary/aromatic N) is 6. The fourth-order valence-electron chi connectivity index (χ4n) is 4.53. The van der Waals surface area contributed by atoms with Crippen molar-refractivity contribution in [3.63, 3.8) is 0 Å². The lowest BCUT2D eigenvalue weighted by molar-refractivity contribution is 0.121. The van der Waals surface area contributed by atoms with Crippen molar-refractivity contribution in [3.8, 4) is 5.69 Å². The molecule has 0 amide bonds. The summed E-state index contributed by atoms with van der Waals surface area (Å²) in [5, 5.41) is 18.1. The largest absolute Gasteiger partial charge is 0.374 e. The quantitative estimate of drug-likeness (QED) is 0.117. The second-order valence-corrected chi connectivity index (χ2v) is 11.0. The predicted octanol–water partition coefficient (Wildman–Crippen LogP) is 6.65. The summed E-state index contributed by atoms with van der Waals surface area (Å²) in [5.41, 5.74) is 4.89. The Bertz CT molecular complexity index is 1720. The molecule has 0 saturated carbocycles. The molecular formula is C27H19Cl2IN6OS. The van der Waals surface area contributed by atoms with E-state index in [-0.39, 0.29) is 0 Å². The second-order valence-electron chi connectivity index (χ2n) is 8.67. The number of hydrogen-bond donors (Lipinski definition) is 1. The Labute approximate surface area is 245 Å². The van der Waals surface area contributed by atoms with Gasteiger partial charge in [-0.3, -0.25) is 4.98 Å². The first-order valence-electron chi connectivity index (χ1n) is 11.5. The van der Waals surface area contributed by atoms with Gasteiger partial charge in [0, 0.05) is 36.0 Å². The van der Waals surface area contributed by atoms with Gasteiger partial charge in [0.15, 0.2) is 5.60 Å². The molecule has 2 aromatic carbocycles. The molecule has 38 heavy (non-hydrogen) atoms. The van der Waals surface area contributed by atoms with Gasteiger partial charge >= 0.3 is 0 Å². The number of hydrogen-bond acceptors (Lipinski definition) is 6. The Kier molecular flexibility index (Phi) is 6.95. The summed E-state index contributed by atoms with van der Waals surface area (Å²) >= 11 is 17.2. The van der Waals surface area contributed by atoms with Crippen LogP contribution in [0.15, 0.2) is 85.2 Å². The van der Waals surface area contributed by atoms with Gasteiger partial charge in [0.25, 0.3) is 0 Å². The molecule has 0 aliphatic carbocycles. The van der Waals surface area contributed by atoms with Crippen molar-refractivity contribution in [2.24, 2.45) is 0 Å². The molecule has 0 radical (unpaired) electrons. The number of aliphatic hydroxyl groups is 1. The Morgan fingerprint density at radius 1 is 1.05 bits per heavy atom. The van der Waals surface area contributed by atoms with Crippen LogP contribution in [0.25, 0.3) is 16.6 Å². The van der Waals surface area contributed by atoms with Crippen molar-refractivity contribution >= 4 is 68.0 Å². The van der Waals surface area contributed by atoms with Crippen molar-refractivity contribution < 1.29 is 5.11 Å². The standard InChI is InChI=1S/C27H19Cl2IN6OS/c28-25-20-11-18(27(37,24-13-32-16-38-24)23-12-31-15-35(23)14-30)4-7-22(20)34-26(29)21(25)10-17-2-5-19(6-3-17)36-9-1-8-33-36/h1-9,11-13,15-16,37H,10,14H2. The summed E-state index contributed by atoms with van der Waals surface area (Å²) in [6.07, 6.45) is 9.22. The number of benzene rings is 2. The van der Waals surface area contributed by atoms with Crippen LogP contribution in [-0.4, -0.2) is 34.4 Å². The smallest absolute Gasteiger partial charge is 0.167 e. The van der Waals surface area contributed by atoms with Crippen LogP contribution in [0.5, 0.6) is 0 Å². The van der Waals surface area contributed by atoms with Crippen LogP contribution in [0, 0.1) is 0 Å². The SMILES string of the molecule is OC(c1ccc2nc(Cl)c(Cc3ccc(-n4cccn4)cc3)c(Cl)c2c1)(c1cncs1)c1cncn1CI. The van der Waals surface area contributed by atoms with E-state index in [9.17, 15) is 5.11 Å². The highest BCUT2D eigenvalue weighted by Gasteiger charge is 2.38. The summed E-state index contributed by atoms with van der Waals surface area (Å²) < 4.78 is 4.34. The average Bonchev–Trinajstić information content (AvgIpc) is 3.74. The first-order chi connectivity index (χ1) is 18.5. The lowest BCUT2D eigenvalue weighted by Gasteiger charge is -2.28. The van der Waals surface area contributed by atoms with Crippen LogP contribution in [-0.2, 0) is 16.6 Å². The summed E-state index contributed by atoms with van der Waals surface area (Å²) in [6.45, 7) is 0. The molecular weight excluding hydrogens is 654 g/mol. The first-order valence-corrected chi connectivity index (χ1v) is 14.7. The number of fused-ring (bicyclic) bond motifs is 1. The van der Waals surface area contributed by atoms with Gasteiger partial charge < -0.3 is 9.67 Å². The number of pyridine rings is 1. The fraction of sp³-hybridized carbons (Fsp3) is 0.111. The predicted molar refractivity (Wildman–Crippen MR) is 159 cm³/mol. The molecule has 1 atom stereocenters. The minimum absolute atomic E-state index is 0.354. The summed E-state index contributed by atoms with van der Waals surface area (Å²) in [4.78, 5) is 13.8. The zero-order valence-electron chi connectivity index (χ0n) is 19.7. The molecule has 1 N–H and O–H groups in total. The Hall–Kier alpha value is -2.83. The third-order valence-electron chi connectivity index (χ3n) is 6.47. The zero-order chi connectivity index (χ0) is 26.3. The summed E-state index contributed by atoms with van der Waals surface area (Å²) in [5.74, 6) is 0. The molecule has 1 unspecified atom stereocenters. The normalized spacial score (nSPS) is 13.2. The number of halogens is 3. The molecule has 0 saturated heterocycles. The van der Waals surface area contributed by atoms with Crippen molar-refractivity contribution in [3.05, 3.63) is 123 Å². The van der Waals surface area contributed by atoms with E-state index in [1.165, 1.54) is 11.3 Å². The number of thiazole rings is 1. The van der Waals surface area contributed by atoms with E-state index < -0.39 is 5.60 Å². The number of aromatic nitrogens is 6. The number of imidazole rings is 1. The van der Waals surface area contributed by atoms with Crippen LogP contribution in [0.4, 0.5) is 0 Å². The number of rotatable bonds is 7. The van der Waals surface area contributed by atoms with Crippen LogP contribution in [0.2, 0.25) is 10.2 Å². The molecule has 4 aromatic heterocycles. The lowest BCUT2D eigenvalue weighted by atomic mass is 9.88. The minimum Gasteiger partial charge on any atom is -0.374 e. The fourth-order valence-corrected chi connectivity index (χ4v) is 6.43. The molecule has 6 aromatic rings. The maximum atomic E-state index is 12.2. The molecule has 7 nitrogen and oxygen atoms in total. The van der Waals surface area contributed by atoms with Gasteiger partial charge in [-0.2, -0.15) is 5.10 Å². The highest BCUT2D eigenvalue weighted by Crippen LogP contribution is 2.41. The summed E-state index contributed by atoms with van der Waals surface area (Å²) in [7, 11) is 0. The van der Waals surface area contributed by atoms with Gasteiger partial charge in [-0.05, 0) is 41.5 Å². The molecule has 0 bridgehead atoms. The van der Waals surface area contributed by atoms with Crippen molar-refractivity contribution in [2.75, 3.05) is 0 Å². The van der Waals surface area contributed by atoms with E-state index in [0.29, 0.717) is 48.2 Å². The van der Waals surface area contributed by atoms with Gasteiger partial charge in [-0.1, -0.05) is 64.0 Å². The second kappa shape index (κ2) is 10.4. The van der Waals surface area contributed by atoms with Crippen LogP contribution in [0.1, 0.15) is 27.3 Å². The first kappa shape index (κ1) is 25.4. The number of alkyl halides is 1. The molecule has 190 valence electrons. The molecule has 0 spiro atoms. The third-order valence-corrected chi connectivity index (χ3v) is 8.83. The summed E-state index contributed by atoms with van der Waals surface area (Å²) in [6, 6.07) is 15.5. The van der Waals surface area contributed by atoms with Gasteiger partial charge in [0.1, 0.15) is 5.15 Å². The van der Waals surface area contributed by atoms with Crippen LogP contribution in [0.3, 0.4) is 0 Å². The van der Waals surface area contributed by atoms with Crippen LogP contribution < -0.4 is 0 Å². The third kappa shape index (κ3) is 4.42. The Balaban J connectivity index is 1.44. The topological polar surface area (TPSA) is 81.7 Å². The molecule has 6 rings (SSSR count). The van der Waals surface area contributed by atoms with E-state index in [0.717, 1.165) is 16.8 Å². The van der Waals surface area contributed by atoms with E-state index in [4.69, 9.17) is 23.2 Å². The molecule has 0 aliphatic rings. The van der Waals surface area contributed by atoms with E-state index >= 15 is 0 Å². The highest BCUT2D eigenvalue weighted by atomic mass is 127. The van der Waals surface area contributed by atoms with Gasteiger partial charge in [-0.25, -0.2) is 14.6 Å². The lowest BCUT2D eigenvalue weighted by Crippen LogP contribution is -2.30. The monoisotopic (exact) mass is 672 g/mol. The minimum atomic E-state index is -1.47. The van der Waals surface area contributed by atoms with Gasteiger partial charge in [-0.15, -0.1) is 11.3 Å². The van der Waals surface area contributed by atoms with E-state index in [2.05, 4.69) is 42.6 Å². The van der Waals surface area contributed by atoms with Crippen molar-refractivity contribution in [1.82, 2.24) is 29.3 Å². The Morgan fingerprint density at radius 3 is 2.61 bits per heavy atom. The van der Waals surface area contributed by atoms with Gasteiger partial charge in [0.05, 0.1) is 49.4 Å². The van der Waals surface area contributed by atoms with Crippen molar-refractivity contribution in [2.45, 2.75) is 16.6 Å². The van der Waals surface area contributed by atoms with Crippen LogP contribution >= 0.6 is 57.1 Å². The maximum absolute atomic E-state index is 12.2. The molecule has 11 heteroatoms. The molecule has 0 fully saturated rings.